The quantitative estimate of drug-likeness (QED) is 0.465. The number of hydrogen-bond acceptors (Lipinski definition) is 3. The summed E-state index contributed by atoms with van der Waals surface area (Å²) < 4.78 is 12.2. The minimum absolute atomic E-state index is 0.136. The van der Waals surface area contributed by atoms with Gasteiger partial charge >= 0.3 is 0 Å². The number of fused-ring (bicyclic) bond motifs is 1. The summed E-state index contributed by atoms with van der Waals surface area (Å²) in [4.78, 5) is 0. The van der Waals surface area contributed by atoms with Gasteiger partial charge in [0.1, 0.15) is 17.6 Å². The standard InChI is InChI=1S/C26H37NO2/c1-4-10-20(19-27-3)11-8-13-22-17-21-12-6-7-16-25(21)26(22)29-24-15-9-14-23(18-24)28-5-2/h6-7,9,12,14-16,18,20,22,26-27H,4-5,8,10-11,13,17,19H2,1-3H3/t20?,22-,26?/m1/s1. The molecule has 0 spiro atoms. The van der Waals surface area contributed by atoms with Crippen LogP contribution in [0, 0.1) is 11.8 Å². The minimum Gasteiger partial charge on any atom is -0.494 e. The van der Waals surface area contributed by atoms with Gasteiger partial charge in [-0.15, -0.1) is 0 Å². The third-order valence-electron chi connectivity index (χ3n) is 6.03. The van der Waals surface area contributed by atoms with Gasteiger partial charge in [-0.25, -0.2) is 0 Å². The van der Waals surface area contributed by atoms with Crippen molar-refractivity contribution >= 4 is 0 Å². The van der Waals surface area contributed by atoms with Crippen LogP contribution >= 0.6 is 0 Å². The Morgan fingerprint density at radius 2 is 1.86 bits per heavy atom. The molecular weight excluding hydrogens is 358 g/mol. The molecule has 3 rings (SSSR count). The van der Waals surface area contributed by atoms with Crippen molar-refractivity contribution in [3.8, 4) is 11.5 Å². The molecule has 0 radical (unpaired) electrons. The lowest BCUT2D eigenvalue weighted by atomic mass is 9.91. The zero-order chi connectivity index (χ0) is 20.5. The maximum absolute atomic E-state index is 6.56. The van der Waals surface area contributed by atoms with E-state index < -0.39 is 0 Å². The van der Waals surface area contributed by atoms with Crippen LogP contribution in [-0.4, -0.2) is 20.2 Å². The van der Waals surface area contributed by atoms with Crippen molar-refractivity contribution in [2.45, 2.75) is 58.5 Å². The van der Waals surface area contributed by atoms with E-state index in [0.717, 1.165) is 30.4 Å². The summed E-state index contributed by atoms with van der Waals surface area (Å²) in [5, 5.41) is 3.37. The highest BCUT2D eigenvalue weighted by atomic mass is 16.5. The van der Waals surface area contributed by atoms with E-state index in [-0.39, 0.29) is 6.10 Å². The second kappa shape index (κ2) is 11.3. The lowest BCUT2D eigenvalue weighted by Gasteiger charge is -2.23. The zero-order valence-corrected chi connectivity index (χ0v) is 18.3. The maximum atomic E-state index is 6.56. The van der Waals surface area contributed by atoms with E-state index in [2.05, 4.69) is 43.6 Å². The molecule has 0 amide bonds. The maximum Gasteiger partial charge on any atom is 0.127 e. The molecule has 0 bridgehead atoms. The second-order valence-electron chi connectivity index (χ2n) is 8.25. The molecular formula is C26H37NO2. The molecule has 3 heteroatoms. The fourth-order valence-corrected chi connectivity index (χ4v) is 4.72. The van der Waals surface area contributed by atoms with Crippen LogP contribution in [0.4, 0.5) is 0 Å². The largest absolute Gasteiger partial charge is 0.494 e. The predicted octanol–water partition coefficient (Wildman–Crippen LogP) is 6.18. The smallest absolute Gasteiger partial charge is 0.127 e. The van der Waals surface area contributed by atoms with Gasteiger partial charge in [0.15, 0.2) is 0 Å². The van der Waals surface area contributed by atoms with E-state index in [1.807, 2.05) is 31.2 Å². The number of hydrogen-bond donors (Lipinski definition) is 1. The highest BCUT2D eigenvalue weighted by Gasteiger charge is 2.33. The van der Waals surface area contributed by atoms with Gasteiger partial charge in [0, 0.05) is 12.0 Å². The molecule has 29 heavy (non-hydrogen) atoms. The molecule has 3 atom stereocenters. The molecule has 2 unspecified atom stereocenters. The van der Waals surface area contributed by atoms with E-state index >= 15 is 0 Å². The zero-order valence-electron chi connectivity index (χ0n) is 18.3. The van der Waals surface area contributed by atoms with E-state index in [1.54, 1.807) is 0 Å². The summed E-state index contributed by atoms with van der Waals surface area (Å²) in [6.07, 6.45) is 7.62. The summed E-state index contributed by atoms with van der Waals surface area (Å²) in [6.45, 7) is 6.10. The average molecular weight is 396 g/mol. The normalized spacial score (nSPS) is 19.0. The summed E-state index contributed by atoms with van der Waals surface area (Å²) in [6, 6.07) is 16.9. The van der Waals surface area contributed by atoms with Gasteiger partial charge in [-0.1, -0.05) is 50.1 Å². The molecule has 0 fully saturated rings. The van der Waals surface area contributed by atoms with Crippen molar-refractivity contribution in [2.75, 3.05) is 20.2 Å². The van der Waals surface area contributed by atoms with Crippen LogP contribution in [0.1, 0.15) is 63.2 Å². The first kappa shape index (κ1) is 21.7. The van der Waals surface area contributed by atoms with Gasteiger partial charge in [0.25, 0.3) is 0 Å². The summed E-state index contributed by atoms with van der Waals surface area (Å²) in [5.41, 5.74) is 2.81. The fourth-order valence-electron chi connectivity index (χ4n) is 4.72. The highest BCUT2D eigenvalue weighted by molar-refractivity contribution is 5.38. The van der Waals surface area contributed by atoms with Gasteiger partial charge in [-0.3, -0.25) is 0 Å². The van der Waals surface area contributed by atoms with Crippen molar-refractivity contribution in [1.82, 2.24) is 5.32 Å². The van der Waals surface area contributed by atoms with Crippen LogP contribution in [0.5, 0.6) is 11.5 Å². The Bertz CT molecular complexity index is 739. The SMILES string of the molecule is CCCC(CCC[C@@H]1Cc2ccccc2C1Oc1cccc(OCC)c1)CNC. The Morgan fingerprint density at radius 3 is 2.66 bits per heavy atom. The third kappa shape index (κ3) is 5.99. The number of rotatable bonds is 12. The summed E-state index contributed by atoms with van der Waals surface area (Å²) >= 11 is 0. The molecule has 2 aromatic rings. The topological polar surface area (TPSA) is 30.5 Å². The van der Waals surface area contributed by atoms with Crippen LogP contribution in [0.3, 0.4) is 0 Å². The molecule has 1 aliphatic rings. The van der Waals surface area contributed by atoms with E-state index in [1.165, 1.54) is 43.2 Å². The second-order valence-corrected chi connectivity index (χ2v) is 8.25. The lowest BCUT2D eigenvalue weighted by molar-refractivity contribution is 0.140. The van der Waals surface area contributed by atoms with Crippen molar-refractivity contribution < 1.29 is 9.47 Å². The first-order valence-corrected chi connectivity index (χ1v) is 11.4. The van der Waals surface area contributed by atoms with Crippen LogP contribution in [0.15, 0.2) is 48.5 Å². The van der Waals surface area contributed by atoms with Crippen molar-refractivity contribution in [1.29, 1.82) is 0 Å². The van der Waals surface area contributed by atoms with E-state index in [4.69, 9.17) is 9.47 Å². The van der Waals surface area contributed by atoms with Gasteiger partial charge in [-0.05, 0) is 75.4 Å². The Morgan fingerprint density at radius 1 is 1.03 bits per heavy atom. The van der Waals surface area contributed by atoms with E-state index in [9.17, 15) is 0 Å². The fraction of sp³-hybridized carbons (Fsp3) is 0.538. The van der Waals surface area contributed by atoms with Crippen LogP contribution < -0.4 is 14.8 Å². The Hall–Kier alpha value is -2.00. The minimum atomic E-state index is 0.136. The number of ether oxygens (including phenoxy) is 2. The highest BCUT2D eigenvalue weighted by Crippen LogP contribution is 2.42. The summed E-state index contributed by atoms with van der Waals surface area (Å²) in [5.74, 6) is 3.11. The monoisotopic (exact) mass is 395 g/mol. The molecule has 0 heterocycles. The molecule has 0 aliphatic heterocycles. The lowest BCUT2D eigenvalue weighted by Crippen LogP contribution is -2.19. The van der Waals surface area contributed by atoms with Crippen LogP contribution in [-0.2, 0) is 6.42 Å². The number of benzene rings is 2. The Balaban J connectivity index is 1.67. The molecule has 158 valence electrons. The van der Waals surface area contributed by atoms with Gasteiger partial charge in [0.05, 0.1) is 6.61 Å². The van der Waals surface area contributed by atoms with Gasteiger partial charge < -0.3 is 14.8 Å². The van der Waals surface area contributed by atoms with Crippen molar-refractivity contribution in [2.24, 2.45) is 11.8 Å². The Kier molecular flexibility index (Phi) is 8.42. The third-order valence-corrected chi connectivity index (χ3v) is 6.03. The molecule has 0 saturated carbocycles. The molecule has 1 aliphatic carbocycles. The molecule has 0 saturated heterocycles. The van der Waals surface area contributed by atoms with Gasteiger partial charge in [0.2, 0.25) is 0 Å². The van der Waals surface area contributed by atoms with Crippen molar-refractivity contribution in [3.63, 3.8) is 0 Å². The van der Waals surface area contributed by atoms with Gasteiger partial charge in [-0.2, -0.15) is 0 Å². The molecule has 2 aromatic carbocycles. The first-order valence-electron chi connectivity index (χ1n) is 11.4. The number of nitrogens with one attached hydrogen (secondary N) is 1. The summed E-state index contributed by atoms with van der Waals surface area (Å²) in [7, 11) is 2.07. The van der Waals surface area contributed by atoms with Crippen LogP contribution in [0.25, 0.3) is 0 Å². The molecule has 3 nitrogen and oxygen atoms in total. The molecule has 1 N–H and O–H groups in total. The first-order chi connectivity index (χ1) is 14.2. The van der Waals surface area contributed by atoms with Crippen LogP contribution in [0.2, 0.25) is 0 Å². The van der Waals surface area contributed by atoms with Crippen molar-refractivity contribution in [3.05, 3.63) is 59.7 Å². The molecule has 0 aromatic heterocycles. The Labute approximate surface area is 176 Å². The average Bonchev–Trinajstić information content (AvgIpc) is 3.06. The predicted molar refractivity (Wildman–Crippen MR) is 121 cm³/mol. The van der Waals surface area contributed by atoms with E-state index in [0.29, 0.717) is 12.5 Å².